The number of nitrogens with zero attached hydrogens (tertiary/aromatic N) is 4. The third kappa shape index (κ3) is 8.76. The highest BCUT2D eigenvalue weighted by molar-refractivity contribution is 7.15. The van der Waals surface area contributed by atoms with Gasteiger partial charge in [0.05, 0.1) is 32.2 Å². The number of thiazole rings is 1. The molecule has 9 nitrogen and oxygen atoms in total. The average molecular weight is 503 g/mol. The molecule has 3 N–H and O–H groups in total. The summed E-state index contributed by atoms with van der Waals surface area (Å²) >= 11 is 1.42. The Bertz CT molecular complexity index is 1090. The Kier molecular flexibility index (Phi) is 11.8. The molecule has 0 amide bonds. The van der Waals surface area contributed by atoms with Crippen LogP contribution in [0.15, 0.2) is 35.7 Å². The van der Waals surface area contributed by atoms with E-state index >= 15 is 0 Å². The van der Waals surface area contributed by atoms with Crippen molar-refractivity contribution in [1.29, 1.82) is 0 Å². The topological polar surface area (TPSA) is 132 Å². The number of ether oxygens (including phenoxy) is 1. The van der Waals surface area contributed by atoms with E-state index in [2.05, 4.69) is 32.6 Å². The van der Waals surface area contributed by atoms with E-state index in [9.17, 15) is 14.1 Å². The zero-order valence-electron chi connectivity index (χ0n) is 20.2. The van der Waals surface area contributed by atoms with Gasteiger partial charge in [-0.3, -0.25) is 0 Å². The van der Waals surface area contributed by atoms with Crippen LogP contribution in [-0.2, 0) is 16.0 Å². The lowest BCUT2D eigenvalue weighted by Gasteiger charge is -2.07. The molecule has 0 saturated carbocycles. The van der Waals surface area contributed by atoms with Gasteiger partial charge in [-0.05, 0) is 37.0 Å². The fourth-order valence-electron chi connectivity index (χ4n) is 2.94. The second-order valence-electron chi connectivity index (χ2n) is 7.97. The van der Waals surface area contributed by atoms with E-state index in [1.807, 2.05) is 13.8 Å². The summed E-state index contributed by atoms with van der Waals surface area (Å²) in [7, 11) is 0. The van der Waals surface area contributed by atoms with Gasteiger partial charge in [0, 0.05) is 37.8 Å². The Morgan fingerprint density at radius 1 is 1.26 bits per heavy atom. The number of halogens is 1. The van der Waals surface area contributed by atoms with Crippen LogP contribution in [0.2, 0.25) is 0 Å². The lowest BCUT2D eigenvalue weighted by molar-refractivity contribution is -0.108. The Labute approximate surface area is 208 Å². The fraction of sp³-hybridized carbons (Fsp3) is 0.417. The van der Waals surface area contributed by atoms with E-state index in [0.717, 1.165) is 30.7 Å². The normalized spacial score (nSPS) is 10.5. The maximum atomic E-state index is 14.9. The molecule has 2 heterocycles. The van der Waals surface area contributed by atoms with Crippen LogP contribution in [0.5, 0.6) is 0 Å². The Hall–Kier alpha value is -3.31. The molecule has 0 aliphatic rings. The van der Waals surface area contributed by atoms with Crippen molar-refractivity contribution in [3.05, 3.63) is 46.2 Å². The van der Waals surface area contributed by atoms with Gasteiger partial charge in [-0.25, -0.2) is 24.8 Å². The molecule has 0 unspecified atom stereocenters. The molecule has 2 aromatic heterocycles. The van der Waals surface area contributed by atoms with E-state index in [1.165, 1.54) is 17.4 Å². The first-order valence-electron chi connectivity index (χ1n) is 11.4. The van der Waals surface area contributed by atoms with Crippen LogP contribution in [0, 0.1) is 16.6 Å². The minimum atomic E-state index is -0.612. The lowest BCUT2D eigenvalue weighted by Crippen LogP contribution is -1.98. The van der Waals surface area contributed by atoms with Gasteiger partial charge in [-0.15, -0.1) is 16.2 Å². The second kappa shape index (κ2) is 14.8. The van der Waals surface area contributed by atoms with Crippen molar-refractivity contribution in [3.63, 3.8) is 0 Å². The minimum Gasteiger partial charge on any atom is -0.381 e. The zero-order valence-corrected chi connectivity index (χ0v) is 21.0. The van der Waals surface area contributed by atoms with Crippen molar-refractivity contribution in [2.75, 3.05) is 24.4 Å². The van der Waals surface area contributed by atoms with Crippen LogP contribution in [-0.4, -0.2) is 34.5 Å². The highest BCUT2D eigenvalue weighted by atomic mass is 32.1. The van der Waals surface area contributed by atoms with Crippen LogP contribution in [0.25, 0.3) is 21.8 Å². The van der Waals surface area contributed by atoms with E-state index in [0.29, 0.717) is 41.6 Å². The highest BCUT2D eigenvalue weighted by Crippen LogP contribution is 2.38. The first-order valence-corrected chi connectivity index (χ1v) is 12.2. The maximum absolute atomic E-state index is 14.9. The number of carbonyl (C=O) groups is 1. The molecule has 0 aliphatic carbocycles. The summed E-state index contributed by atoms with van der Waals surface area (Å²) in [5.41, 5.74) is 9.07. The third-order valence-electron chi connectivity index (χ3n) is 4.59. The zero-order chi connectivity index (χ0) is 25.6. The average Bonchev–Trinajstić information content (AvgIpc) is 3.25. The van der Waals surface area contributed by atoms with Gasteiger partial charge < -0.3 is 15.3 Å². The first-order chi connectivity index (χ1) is 16.9. The van der Waals surface area contributed by atoms with Crippen LogP contribution in [0.4, 0.5) is 16.0 Å². The minimum absolute atomic E-state index is 0.0202. The molecule has 0 radical (unpaired) electrons. The molecule has 0 bridgehead atoms. The number of anilines is 2. The monoisotopic (exact) mass is 502 g/mol. The summed E-state index contributed by atoms with van der Waals surface area (Å²) in [6.07, 6.45) is 5.66. The number of nitrogens with two attached hydrogens (primary N) is 1. The number of hydrogen-bond acceptors (Lipinski definition) is 9. The number of nitrogens with one attached hydrogen (secondary N) is 1. The molecular weight excluding hydrogens is 471 g/mol. The number of rotatable bonds is 12. The quantitative estimate of drug-likeness (QED) is 0.140. The van der Waals surface area contributed by atoms with Crippen molar-refractivity contribution in [3.8, 4) is 21.8 Å². The van der Waals surface area contributed by atoms with Gasteiger partial charge in [0.1, 0.15) is 6.29 Å². The highest BCUT2D eigenvalue weighted by Gasteiger charge is 2.20. The fourth-order valence-corrected chi connectivity index (χ4v) is 4.03. The van der Waals surface area contributed by atoms with Crippen LogP contribution >= 0.6 is 11.3 Å². The smallest absolute Gasteiger partial charge is 0.220 e. The van der Waals surface area contributed by atoms with Crippen LogP contribution in [0.3, 0.4) is 0 Å². The van der Waals surface area contributed by atoms with Gasteiger partial charge in [0.2, 0.25) is 5.95 Å². The van der Waals surface area contributed by atoms with Gasteiger partial charge in [-0.2, -0.15) is 0 Å². The summed E-state index contributed by atoms with van der Waals surface area (Å²) < 4.78 is 20.5. The lowest BCUT2D eigenvalue weighted by atomic mass is 10.1. The van der Waals surface area contributed by atoms with Gasteiger partial charge in [0.15, 0.2) is 5.82 Å². The molecule has 0 saturated heterocycles. The van der Waals surface area contributed by atoms with Crippen molar-refractivity contribution >= 4 is 29.3 Å². The first kappa shape index (κ1) is 27.9. The third-order valence-corrected chi connectivity index (χ3v) is 5.73. The number of aromatic nitrogens is 3. The summed E-state index contributed by atoms with van der Waals surface area (Å²) in [6, 6.07) is 6.36. The van der Waals surface area contributed by atoms with Gasteiger partial charge >= 0.3 is 0 Å². The van der Waals surface area contributed by atoms with E-state index in [-0.39, 0.29) is 17.2 Å². The number of aldehydes is 1. The molecule has 35 heavy (non-hydrogen) atoms. The molecule has 3 rings (SSSR count). The Morgan fingerprint density at radius 3 is 2.69 bits per heavy atom. The van der Waals surface area contributed by atoms with Gasteiger partial charge in [0.25, 0.3) is 0 Å². The Morgan fingerprint density at radius 2 is 2.06 bits per heavy atom. The molecule has 0 atom stereocenters. The molecule has 1 aromatic carbocycles. The van der Waals surface area contributed by atoms with Crippen molar-refractivity contribution in [2.24, 2.45) is 11.2 Å². The van der Waals surface area contributed by atoms with E-state index < -0.39 is 5.82 Å². The van der Waals surface area contributed by atoms with Crippen molar-refractivity contribution < 1.29 is 13.9 Å². The summed E-state index contributed by atoms with van der Waals surface area (Å²) in [5.74, 6) is 0.0402. The van der Waals surface area contributed by atoms with Crippen LogP contribution < -0.4 is 11.2 Å². The standard InChI is InChI=1S/C19H21FN6O2S.C5H10O/c1-2-10-28-11-4-7-15-24-17(12-5-3-6-13(16(12)20)25-26-27)18(29-15)14-8-9-22-19(21)23-14;1-5(2)3-4-6/h3,5-6,8-9H,2,4,7,10-11H2,1H3,(H,25,27)(H2,21,22,23);4-5H,3H2,1-2H3. The van der Waals surface area contributed by atoms with Crippen molar-refractivity contribution in [1.82, 2.24) is 15.0 Å². The summed E-state index contributed by atoms with van der Waals surface area (Å²) in [4.78, 5) is 33.6. The number of hydrogen-bond donors (Lipinski definition) is 2. The number of nitroso groups, excluding NO2 is 1. The van der Waals surface area contributed by atoms with E-state index in [1.54, 1.807) is 24.4 Å². The molecular formula is C24H31FN6O3S. The number of carbonyl (C=O) groups excluding carboxylic acids is 1. The molecule has 11 heteroatoms. The number of aryl methyl sites for hydroxylation is 1. The van der Waals surface area contributed by atoms with Crippen molar-refractivity contribution in [2.45, 2.75) is 46.5 Å². The maximum Gasteiger partial charge on any atom is 0.220 e. The predicted octanol–water partition coefficient (Wildman–Crippen LogP) is 5.67. The number of benzene rings is 1. The molecule has 0 spiro atoms. The molecule has 0 fully saturated rings. The second-order valence-corrected chi connectivity index (χ2v) is 9.05. The molecule has 3 aromatic rings. The molecule has 0 aliphatic heterocycles. The summed E-state index contributed by atoms with van der Waals surface area (Å²) in [5, 5.41) is 3.39. The van der Waals surface area contributed by atoms with Gasteiger partial charge in [-0.1, -0.05) is 26.8 Å². The van der Waals surface area contributed by atoms with Crippen LogP contribution in [0.1, 0.15) is 45.0 Å². The van der Waals surface area contributed by atoms with E-state index in [4.69, 9.17) is 10.5 Å². The largest absolute Gasteiger partial charge is 0.381 e. The Balaban J connectivity index is 0.000000641. The summed E-state index contributed by atoms with van der Waals surface area (Å²) in [6.45, 7) is 7.47. The molecule has 188 valence electrons. The number of nitrogen functional groups attached to an aromatic ring is 1. The predicted molar refractivity (Wildman–Crippen MR) is 137 cm³/mol. The SMILES string of the molecule is CC(C)CC=O.CCCOCCCc1nc(-c2cccc(NN=O)c2F)c(-c2ccnc(N)n2)s1.